The number of furan rings is 1. The van der Waals surface area contributed by atoms with Crippen LogP contribution in [0, 0.1) is 5.41 Å². The first-order valence-electron chi connectivity index (χ1n) is 6.51. The summed E-state index contributed by atoms with van der Waals surface area (Å²) >= 11 is 0. The molecule has 1 aromatic heterocycles. The average molecular weight is 282 g/mol. The maximum absolute atomic E-state index is 12.0. The second-order valence-electron chi connectivity index (χ2n) is 5.70. The van der Waals surface area contributed by atoms with E-state index in [2.05, 4.69) is 10.6 Å². The number of amides is 2. The van der Waals surface area contributed by atoms with Gasteiger partial charge in [-0.3, -0.25) is 9.59 Å². The lowest BCUT2D eigenvalue weighted by Gasteiger charge is -2.23. The fourth-order valence-electron chi connectivity index (χ4n) is 1.47. The maximum Gasteiger partial charge on any atom is 0.242 e. The zero-order valence-electron chi connectivity index (χ0n) is 12.3. The van der Waals surface area contributed by atoms with Crippen LogP contribution in [0.5, 0.6) is 0 Å². The van der Waals surface area contributed by atoms with Crippen LogP contribution >= 0.6 is 0 Å². The van der Waals surface area contributed by atoms with Crippen molar-refractivity contribution in [1.29, 1.82) is 0 Å². The number of rotatable bonds is 5. The number of nitrogens with one attached hydrogen (secondary N) is 2. The van der Waals surface area contributed by atoms with E-state index < -0.39 is 17.5 Å². The van der Waals surface area contributed by atoms with E-state index in [-0.39, 0.29) is 18.4 Å². The minimum Gasteiger partial charge on any atom is -0.467 e. The molecule has 1 rings (SSSR count). The average Bonchev–Trinajstić information content (AvgIpc) is 2.87. The summed E-state index contributed by atoms with van der Waals surface area (Å²) in [6.07, 6.45) is 1.47. The number of carbonyl (C=O) groups excluding carboxylic acids is 2. The topological polar surface area (TPSA) is 91.6 Å². The molecule has 0 aromatic carbocycles. The molecule has 3 N–H and O–H groups in total. The Hall–Kier alpha value is -1.82. The van der Waals surface area contributed by atoms with E-state index in [4.69, 9.17) is 4.42 Å². The molecule has 1 heterocycles. The normalized spacial score (nSPS) is 14.4. The van der Waals surface area contributed by atoms with Crippen molar-refractivity contribution >= 4 is 11.8 Å². The molecule has 0 radical (unpaired) electrons. The lowest BCUT2D eigenvalue weighted by Crippen LogP contribution is -2.49. The molecule has 2 atom stereocenters. The van der Waals surface area contributed by atoms with Crippen LogP contribution in [0.1, 0.15) is 39.5 Å². The summed E-state index contributed by atoms with van der Waals surface area (Å²) in [6, 6.07) is 2.03. The highest BCUT2D eigenvalue weighted by atomic mass is 16.3. The number of aliphatic hydroxyl groups is 1. The lowest BCUT2D eigenvalue weighted by molar-refractivity contribution is -0.133. The SMILES string of the molecule is CC(NC(=O)C(C)(C)C)C(=O)NC(CO)c1ccco1. The van der Waals surface area contributed by atoms with Crippen molar-refractivity contribution in [3.8, 4) is 0 Å². The van der Waals surface area contributed by atoms with E-state index in [1.54, 1.807) is 39.8 Å². The van der Waals surface area contributed by atoms with E-state index in [0.29, 0.717) is 5.76 Å². The third-order valence-electron chi connectivity index (χ3n) is 2.81. The summed E-state index contributed by atoms with van der Waals surface area (Å²) in [5.74, 6) is -0.119. The van der Waals surface area contributed by atoms with Crippen LogP contribution in [-0.4, -0.2) is 29.6 Å². The number of hydrogen-bond acceptors (Lipinski definition) is 4. The van der Waals surface area contributed by atoms with E-state index in [1.165, 1.54) is 6.26 Å². The summed E-state index contributed by atoms with van der Waals surface area (Å²) in [6.45, 7) is 6.62. The smallest absolute Gasteiger partial charge is 0.242 e. The van der Waals surface area contributed by atoms with Crippen LogP contribution in [0.2, 0.25) is 0 Å². The molecule has 2 amide bonds. The van der Waals surface area contributed by atoms with Gasteiger partial charge < -0.3 is 20.2 Å². The molecule has 6 nitrogen and oxygen atoms in total. The third kappa shape index (κ3) is 4.38. The quantitative estimate of drug-likeness (QED) is 0.750. The zero-order chi connectivity index (χ0) is 15.3. The third-order valence-corrected chi connectivity index (χ3v) is 2.81. The van der Waals surface area contributed by atoms with Gasteiger partial charge in [-0.25, -0.2) is 0 Å². The highest BCUT2D eigenvalue weighted by molar-refractivity contribution is 5.89. The Balaban J connectivity index is 2.59. The van der Waals surface area contributed by atoms with Crippen molar-refractivity contribution in [1.82, 2.24) is 10.6 Å². The predicted octanol–water partition coefficient (Wildman–Crippen LogP) is 0.980. The molecular formula is C14H22N2O4. The van der Waals surface area contributed by atoms with Crippen molar-refractivity contribution < 1.29 is 19.1 Å². The molecule has 112 valence electrons. The Morgan fingerprint density at radius 2 is 2.00 bits per heavy atom. The summed E-state index contributed by atoms with van der Waals surface area (Å²) in [5.41, 5.74) is -0.564. The van der Waals surface area contributed by atoms with Crippen molar-refractivity contribution in [2.45, 2.75) is 39.8 Å². The molecule has 6 heteroatoms. The summed E-state index contributed by atoms with van der Waals surface area (Å²) in [4.78, 5) is 23.8. The molecule has 0 fully saturated rings. The van der Waals surface area contributed by atoms with Gasteiger partial charge in [-0.2, -0.15) is 0 Å². The molecule has 0 bridgehead atoms. The van der Waals surface area contributed by atoms with E-state index in [0.717, 1.165) is 0 Å². The molecule has 20 heavy (non-hydrogen) atoms. The van der Waals surface area contributed by atoms with Crippen LogP contribution < -0.4 is 10.6 Å². The second-order valence-corrected chi connectivity index (χ2v) is 5.70. The Kier molecular flexibility index (Phi) is 5.33. The molecule has 0 aliphatic heterocycles. The van der Waals surface area contributed by atoms with Gasteiger partial charge in [0.05, 0.1) is 12.9 Å². The first kappa shape index (κ1) is 16.2. The summed E-state index contributed by atoms with van der Waals surface area (Å²) in [5, 5.41) is 14.5. The minimum atomic E-state index is -0.689. The Morgan fingerprint density at radius 3 is 2.45 bits per heavy atom. The van der Waals surface area contributed by atoms with Crippen molar-refractivity contribution in [3.63, 3.8) is 0 Å². The first-order chi connectivity index (χ1) is 9.25. The molecular weight excluding hydrogens is 260 g/mol. The molecule has 0 saturated carbocycles. The van der Waals surface area contributed by atoms with Gasteiger partial charge in [-0.15, -0.1) is 0 Å². The van der Waals surface area contributed by atoms with E-state index >= 15 is 0 Å². The highest BCUT2D eigenvalue weighted by Gasteiger charge is 2.26. The van der Waals surface area contributed by atoms with Gasteiger partial charge in [0.1, 0.15) is 17.8 Å². The van der Waals surface area contributed by atoms with Crippen molar-refractivity contribution in [2.24, 2.45) is 5.41 Å². The Labute approximate surface area is 118 Å². The Bertz CT molecular complexity index is 448. The highest BCUT2D eigenvalue weighted by Crippen LogP contribution is 2.14. The van der Waals surface area contributed by atoms with Gasteiger partial charge in [0.25, 0.3) is 0 Å². The second kappa shape index (κ2) is 6.56. The fraction of sp³-hybridized carbons (Fsp3) is 0.571. The van der Waals surface area contributed by atoms with Crippen LogP contribution in [0.15, 0.2) is 22.8 Å². The summed E-state index contributed by atoms with van der Waals surface area (Å²) in [7, 11) is 0. The Morgan fingerprint density at radius 1 is 1.35 bits per heavy atom. The van der Waals surface area contributed by atoms with Gasteiger partial charge in [-0.05, 0) is 19.1 Å². The fourth-order valence-corrected chi connectivity index (χ4v) is 1.47. The molecule has 2 unspecified atom stereocenters. The minimum absolute atomic E-state index is 0.210. The van der Waals surface area contributed by atoms with E-state index in [1.807, 2.05) is 0 Å². The first-order valence-corrected chi connectivity index (χ1v) is 6.51. The van der Waals surface area contributed by atoms with Crippen LogP contribution in [0.25, 0.3) is 0 Å². The van der Waals surface area contributed by atoms with Crippen LogP contribution in [-0.2, 0) is 9.59 Å². The standard InChI is InChI=1S/C14H22N2O4/c1-9(15-13(19)14(2,3)4)12(18)16-10(8-17)11-6-5-7-20-11/h5-7,9-10,17H,8H2,1-4H3,(H,15,19)(H,16,18). The van der Waals surface area contributed by atoms with Crippen molar-refractivity contribution in [3.05, 3.63) is 24.2 Å². The molecule has 0 saturated heterocycles. The van der Waals surface area contributed by atoms with Gasteiger partial charge in [-0.1, -0.05) is 20.8 Å². The maximum atomic E-state index is 12.0. The monoisotopic (exact) mass is 282 g/mol. The summed E-state index contributed by atoms with van der Waals surface area (Å²) < 4.78 is 5.14. The number of aliphatic hydroxyl groups excluding tert-OH is 1. The number of carbonyl (C=O) groups is 2. The zero-order valence-corrected chi connectivity index (χ0v) is 12.3. The molecule has 0 spiro atoms. The van der Waals surface area contributed by atoms with Crippen LogP contribution in [0.4, 0.5) is 0 Å². The predicted molar refractivity (Wildman–Crippen MR) is 73.7 cm³/mol. The van der Waals surface area contributed by atoms with Gasteiger partial charge in [0.15, 0.2) is 0 Å². The molecule has 1 aromatic rings. The van der Waals surface area contributed by atoms with Gasteiger partial charge in [0.2, 0.25) is 11.8 Å². The van der Waals surface area contributed by atoms with Gasteiger partial charge in [0, 0.05) is 5.41 Å². The van der Waals surface area contributed by atoms with Crippen LogP contribution in [0.3, 0.4) is 0 Å². The van der Waals surface area contributed by atoms with Crippen molar-refractivity contribution in [2.75, 3.05) is 6.61 Å². The number of hydrogen-bond donors (Lipinski definition) is 3. The lowest BCUT2D eigenvalue weighted by atomic mass is 9.95. The van der Waals surface area contributed by atoms with E-state index in [9.17, 15) is 14.7 Å². The van der Waals surface area contributed by atoms with Gasteiger partial charge >= 0.3 is 0 Å². The largest absolute Gasteiger partial charge is 0.467 e. The molecule has 0 aliphatic carbocycles. The molecule has 0 aliphatic rings.